The third-order valence-electron chi connectivity index (χ3n) is 3.02. The number of aliphatic hydroxyl groups is 1. The number of carbonyl (C=O) groups is 2. The SMILES string of the molecule is O=C(O)[C@@H]1C[C@@H](O)CN1C(=O)c1ccc(Cl)cc1O. The van der Waals surface area contributed by atoms with Crippen molar-refractivity contribution in [1.29, 1.82) is 0 Å². The molecule has 0 bridgehead atoms. The van der Waals surface area contributed by atoms with E-state index in [0.29, 0.717) is 0 Å². The average molecular weight is 286 g/mol. The van der Waals surface area contributed by atoms with Gasteiger partial charge >= 0.3 is 5.97 Å². The van der Waals surface area contributed by atoms with Crippen LogP contribution in [0.4, 0.5) is 0 Å². The van der Waals surface area contributed by atoms with Gasteiger partial charge in [-0.05, 0) is 18.2 Å². The minimum absolute atomic E-state index is 0.0184. The minimum Gasteiger partial charge on any atom is -0.507 e. The van der Waals surface area contributed by atoms with Gasteiger partial charge in [-0.15, -0.1) is 0 Å². The van der Waals surface area contributed by atoms with Gasteiger partial charge in [-0.3, -0.25) is 4.79 Å². The predicted octanol–water partition coefficient (Wildman–Crippen LogP) is 0.706. The van der Waals surface area contributed by atoms with Crippen LogP contribution in [0.15, 0.2) is 18.2 Å². The maximum atomic E-state index is 12.2. The predicted molar refractivity (Wildman–Crippen MR) is 66.2 cm³/mol. The zero-order valence-electron chi connectivity index (χ0n) is 9.78. The van der Waals surface area contributed by atoms with Crippen LogP contribution in [0.25, 0.3) is 0 Å². The number of benzene rings is 1. The Morgan fingerprint density at radius 1 is 1.37 bits per heavy atom. The van der Waals surface area contributed by atoms with Crippen LogP contribution in [-0.4, -0.2) is 50.8 Å². The molecule has 0 radical (unpaired) electrons. The quantitative estimate of drug-likeness (QED) is 0.743. The number of carbonyl (C=O) groups excluding carboxylic acids is 1. The number of rotatable bonds is 2. The second-order valence-electron chi connectivity index (χ2n) is 4.36. The van der Waals surface area contributed by atoms with Crippen LogP contribution in [0.1, 0.15) is 16.8 Å². The molecule has 2 atom stereocenters. The highest BCUT2D eigenvalue weighted by molar-refractivity contribution is 6.30. The molecule has 1 amide bonds. The average Bonchev–Trinajstić information content (AvgIpc) is 2.70. The lowest BCUT2D eigenvalue weighted by Gasteiger charge is -2.21. The Labute approximate surface area is 113 Å². The highest BCUT2D eigenvalue weighted by Gasteiger charge is 2.39. The van der Waals surface area contributed by atoms with E-state index in [1.165, 1.54) is 18.2 Å². The van der Waals surface area contributed by atoms with Gasteiger partial charge in [0.25, 0.3) is 5.91 Å². The molecule has 0 spiro atoms. The van der Waals surface area contributed by atoms with E-state index in [4.69, 9.17) is 16.7 Å². The number of carboxylic acid groups (broad SMARTS) is 1. The Kier molecular flexibility index (Phi) is 3.64. The molecular formula is C12H12ClNO5. The summed E-state index contributed by atoms with van der Waals surface area (Å²) in [5, 5.41) is 28.4. The number of hydrogen-bond donors (Lipinski definition) is 3. The standard InChI is InChI=1S/C12H12ClNO5/c13-6-1-2-8(10(16)3-6)11(17)14-5-7(15)4-9(14)12(18)19/h1-3,7,9,15-16H,4-5H2,(H,18,19)/t7-,9+/m1/s1. The van der Waals surface area contributed by atoms with Gasteiger partial charge in [0.05, 0.1) is 11.7 Å². The number of aliphatic hydroxyl groups excluding tert-OH is 1. The summed E-state index contributed by atoms with van der Waals surface area (Å²) in [5.41, 5.74) is -0.0373. The Bertz CT molecular complexity index is 533. The number of hydrogen-bond acceptors (Lipinski definition) is 4. The van der Waals surface area contributed by atoms with E-state index in [2.05, 4.69) is 0 Å². The van der Waals surface area contributed by atoms with Gasteiger partial charge in [-0.2, -0.15) is 0 Å². The molecular weight excluding hydrogens is 274 g/mol. The minimum atomic E-state index is -1.18. The molecule has 102 valence electrons. The number of aliphatic carboxylic acids is 1. The fraction of sp³-hybridized carbons (Fsp3) is 0.333. The molecule has 1 aromatic carbocycles. The molecule has 6 nitrogen and oxygen atoms in total. The number of carboxylic acids is 1. The van der Waals surface area contributed by atoms with Gasteiger partial charge in [-0.25, -0.2) is 4.79 Å². The number of aromatic hydroxyl groups is 1. The maximum Gasteiger partial charge on any atom is 0.326 e. The van der Waals surface area contributed by atoms with Gasteiger partial charge in [0.15, 0.2) is 0 Å². The normalized spacial score (nSPS) is 22.5. The lowest BCUT2D eigenvalue weighted by molar-refractivity contribution is -0.141. The first-order chi connectivity index (χ1) is 8.90. The smallest absolute Gasteiger partial charge is 0.326 e. The highest BCUT2D eigenvalue weighted by Crippen LogP contribution is 2.27. The summed E-state index contributed by atoms with van der Waals surface area (Å²) in [4.78, 5) is 24.3. The van der Waals surface area contributed by atoms with E-state index >= 15 is 0 Å². The van der Waals surface area contributed by atoms with Crippen LogP contribution < -0.4 is 0 Å². The molecule has 1 aliphatic heterocycles. The summed E-state index contributed by atoms with van der Waals surface area (Å²) in [7, 11) is 0. The van der Waals surface area contributed by atoms with Crippen LogP contribution in [0.5, 0.6) is 5.75 Å². The van der Waals surface area contributed by atoms with Crippen LogP contribution in [0.3, 0.4) is 0 Å². The number of phenolic OH excluding ortho intramolecular Hbond substituents is 1. The summed E-state index contributed by atoms with van der Waals surface area (Å²) in [6.45, 7) is -0.0716. The molecule has 0 aromatic heterocycles. The Hall–Kier alpha value is -1.79. The second-order valence-corrected chi connectivity index (χ2v) is 4.80. The van der Waals surface area contributed by atoms with E-state index in [9.17, 15) is 19.8 Å². The number of nitrogens with zero attached hydrogens (tertiary/aromatic N) is 1. The molecule has 0 unspecified atom stereocenters. The molecule has 0 aliphatic carbocycles. The maximum absolute atomic E-state index is 12.2. The topological polar surface area (TPSA) is 98.1 Å². The zero-order valence-corrected chi connectivity index (χ0v) is 10.5. The van der Waals surface area contributed by atoms with Crippen molar-refractivity contribution in [1.82, 2.24) is 4.90 Å². The molecule has 2 rings (SSSR count). The van der Waals surface area contributed by atoms with Gasteiger partial charge < -0.3 is 20.2 Å². The van der Waals surface area contributed by atoms with Crippen LogP contribution in [-0.2, 0) is 4.79 Å². The van der Waals surface area contributed by atoms with Crippen LogP contribution in [0, 0.1) is 0 Å². The zero-order chi connectivity index (χ0) is 14.2. The Balaban J connectivity index is 2.30. The number of halogens is 1. The van der Waals surface area contributed by atoms with E-state index in [1.807, 2.05) is 0 Å². The van der Waals surface area contributed by atoms with Crippen molar-refractivity contribution in [3.8, 4) is 5.75 Å². The molecule has 0 saturated carbocycles. The Morgan fingerprint density at radius 2 is 2.05 bits per heavy atom. The largest absolute Gasteiger partial charge is 0.507 e. The van der Waals surface area contributed by atoms with Gasteiger partial charge in [-0.1, -0.05) is 11.6 Å². The van der Waals surface area contributed by atoms with E-state index in [0.717, 1.165) is 4.90 Å². The third-order valence-corrected chi connectivity index (χ3v) is 3.25. The number of likely N-dealkylation sites (tertiary alicyclic amines) is 1. The molecule has 7 heteroatoms. The monoisotopic (exact) mass is 285 g/mol. The third kappa shape index (κ3) is 2.64. The molecule has 1 saturated heterocycles. The lowest BCUT2D eigenvalue weighted by atomic mass is 10.1. The summed E-state index contributed by atoms with van der Waals surface area (Å²) >= 11 is 5.66. The van der Waals surface area contributed by atoms with Crippen molar-refractivity contribution >= 4 is 23.5 Å². The lowest BCUT2D eigenvalue weighted by Crippen LogP contribution is -2.40. The molecule has 19 heavy (non-hydrogen) atoms. The molecule has 1 heterocycles. The molecule has 1 aliphatic rings. The van der Waals surface area contributed by atoms with Crippen molar-refractivity contribution in [2.75, 3.05) is 6.54 Å². The van der Waals surface area contributed by atoms with E-state index in [1.54, 1.807) is 0 Å². The number of phenols is 1. The van der Waals surface area contributed by atoms with Gasteiger partial charge in [0.1, 0.15) is 11.8 Å². The van der Waals surface area contributed by atoms with Crippen LogP contribution in [0.2, 0.25) is 5.02 Å². The summed E-state index contributed by atoms with van der Waals surface area (Å²) in [6.07, 6.45) is -0.894. The van der Waals surface area contributed by atoms with Crippen molar-refractivity contribution in [3.05, 3.63) is 28.8 Å². The van der Waals surface area contributed by atoms with Crippen molar-refractivity contribution in [2.45, 2.75) is 18.6 Å². The summed E-state index contributed by atoms with van der Waals surface area (Å²) < 4.78 is 0. The first kappa shape index (κ1) is 13.6. The molecule has 3 N–H and O–H groups in total. The fourth-order valence-electron chi connectivity index (χ4n) is 2.11. The van der Waals surface area contributed by atoms with Gasteiger partial charge in [0.2, 0.25) is 0 Å². The van der Waals surface area contributed by atoms with Crippen molar-refractivity contribution in [3.63, 3.8) is 0 Å². The number of β-amino-alcohol motifs (C(OH)–C–C–N with tert-alkyl or cyclic N) is 1. The Morgan fingerprint density at radius 3 is 2.63 bits per heavy atom. The second kappa shape index (κ2) is 5.07. The van der Waals surface area contributed by atoms with E-state index in [-0.39, 0.29) is 29.3 Å². The highest BCUT2D eigenvalue weighted by atomic mass is 35.5. The van der Waals surface area contributed by atoms with E-state index < -0.39 is 24.0 Å². The van der Waals surface area contributed by atoms with Crippen molar-refractivity contribution in [2.24, 2.45) is 0 Å². The molecule has 1 fully saturated rings. The first-order valence-corrected chi connectivity index (χ1v) is 5.98. The van der Waals surface area contributed by atoms with Crippen molar-refractivity contribution < 1.29 is 24.9 Å². The van der Waals surface area contributed by atoms with Gasteiger partial charge in [0, 0.05) is 18.0 Å². The van der Waals surface area contributed by atoms with Crippen LogP contribution >= 0.6 is 11.6 Å². The number of amides is 1. The first-order valence-electron chi connectivity index (χ1n) is 5.60. The summed E-state index contributed by atoms with van der Waals surface area (Å²) in [5.74, 6) is -2.14. The fourth-order valence-corrected chi connectivity index (χ4v) is 2.28. The summed E-state index contributed by atoms with van der Waals surface area (Å²) in [6, 6.07) is 2.87. The molecule has 1 aromatic rings.